The minimum Gasteiger partial charge on any atom is -0.327 e. The molecule has 5 nitrogen and oxygen atoms in total. The highest BCUT2D eigenvalue weighted by Gasteiger charge is 2.37. The van der Waals surface area contributed by atoms with Gasteiger partial charge in [-0.2, -0.15) is 13.2 Å². The Balaban J connectivity index is 2.52. The van der Waals surface area contributed by atoms with Crippen molar-refractivity contribution >= 4 is 15.7 Å². The Morgan fingerprint density at radius 3 is 2.48 bits per heavy atom. The molecule has 0 atom stereocenters. The molecule has 1 aromatic heterocycles. The molecule has 0 aliphatic carbocycles. The van der Waals surface area contributed by atoms with Crippen molar-refractivity contribution in [2.24, 2.45) is 0 Å². The summed E-state index contributed by atoms with van der Waals surface area (Å²) in [5.41, 5.74) is -2.62. The van der Waals surface area contributed by atoms with Crippen molar-refractivity contribution in [1.82, 2.24) is 4.98 Å². The van der Waals surface area contributed by atoms with Gasteiger partial charge in [-0.1, -0.05) is 12.1 Å². The molecule has 2 rings (SSSR count). The fourth-order valence-electron chi connectivity index (χ4n) is 1.58. The first-order valence-corrected chi connectivity index (χ1v) is 6.98. The zero-order chi connectivity index (χ0) is 15.7. The summed E-state index contributed by atoms with van der Waals surface area (Å²) >= 11 is 0. The first-order valence-electron chi connectivity index (χ1n) is 5.50. The molecule has 21 heavy (non-hydrogen) atoms. The number of halogens is 3. The number of benzene rings is 1. The summed E-state index contributed by atoms with van der Waals surface area (Å²) < 4.78 is 64.3. The molecule has 2 aromatic rings. The molecule has 0 bridgehead atoms. The molecule has 9 heteroatoms. The Morgan fingerprint density at radius 1 is 1.19 bits per heavy atom. The molecular formula is C12H8F3N2O3S. The number of aromatic nitrogens is 1. The van der Waals surface area contributed by atoms with Crippen LogP contribution in [0.4, 0.5) is 18.9 Å². The highest BCUT2D eigenvalue weighted by Crippen LogP contribution is 2.34. The Labute approximate surface area is 117 Å². The maximum Gasteiger partial charge on any atom is 0.417 e. The van der Waals surface area contributed by atoms with Crippen LogP contribution in [0.3, 0.4) is 0 Å². The molecule has 0 saturated heterocycles. The van der Waals surface area contributed by atoms with Crippen LogP contribution in [0.25, 0.3) is 0 Å². The maximum atomic E-state index is 12.8. The van der Waals surface area contributed by atoms with Crippen LogP contribution in [-0.4, -0.2) is 13.4 Å². The topological polar surface area (TPSA) is 79.0 Å². The van der Waals surface area contributed by atoms with E-state index in [1.165, 1.54) is 12.3 Å². The number of pyridine rings is 1. The molecular weight excluding hydrogens is 309 g/mol. The first kappa shape index (κ1) is 15.1. The van der Waals surface area contributed by atoms with Crippen LogP contribution in [0.1, 0.15) is 5.56 Å². The van der Waals surface area contributed by atoms with Gasteiger partial charge < -0.3 is 4.98 Å². The van der Waals surface area contributed by atoms with E-state index in [4.69, 9.17) is 0 Å². The zero-order valence-electron chi connectivity index (χ0n) is 10.2. The van der Waals surface area contributed by atoms with E-state index in [-0.39, 0.29) is 0 Å². The summed E-state index contributed by atoms with van der Waals surface area (Å²) in [7, 11) is -4.57. The predicted molar refractivity (Wildman–Crippen MR) is 68.2 cm³/mol. The first-order chi connectivity index (χ1) is 9.72. The van der Waals surface area contributed by atoms with Gasteiger partial charge in [-0.15, -0.1) is 0 Å². The second kappa shape index (κ2) is 5.24. The van der Waals surface area contributed by atoms with Gasteiger partial charge in [-0.25, -0.2) is 8.42 Å². The number of aromatic amines is 1. The summed E-state index contributed by atoms with van der Waals surface area (Å²) in [5, 5.41) is 0. The molecule has 0 unspecified atom stereocenters. The van der Waals surface area contributed by atoms with Crippen LogP contribution < -0.4 is 10.3 Å². The fourth-order valence-corrected chi connectivity index (χ4v) is 2.84. The van der Waals surface area contributed by atoms with Crippen LogP contribution in [0.5, 0.6) is 0 Å². The zero-order valence-corrected chi connectivity index (χ0v) is 11.0. The lowest BCUT2D eigenvalue weighted by Gasteiger charge is -2.13. The lowest BCUT2D eigenvalue weighted by molar-refractivity contribution is -0.139. The number of H-pyrrole nitrogens is 1. The molecule has 0 aliphatic rings. The molecule has 0 fully saturated rings. The minimum atomic E-state index is -4.84. The summed E-state index contributed by atoms with van der Waals surface area (Å²) in [4.78, 5) is 12.6. The van der Waals surface area contributed by atoms with Crippen LogP contribution in [-0.2, 0) is 16.2 Å². The average molecular weight is 317 g/mol. The van der Waals surface area contributed by atoms with Gasteiger partial charge in [0.15, 0.2) is 0 Å². The van der Waals surface area contributed by atoms with Crippen LogP contribution >= 0.6 is 0 Å². The normalized spacial score (nSPS) is 12.1. The van der Waals surface area contributed by atoms with E-state index in [2.05, 4.69) is 11.1 Å². The van der Waals surface area contributed by atoms with Gasteiger partial charge in [0.2, 0.25) is 0 Å². The number of hydrogen-bond donors (Lipinski definition) is 2. The summed E-state index contributed by atoms with van der Waals surface area (Å²) in [6.07, 6.45) is -3.62. The number of hydrogen-bond acceptors (Lipinski definition) is 3. The van der Waals surface area contributed by atoms with Crippen LogP contribution in [0, 0.1) is 6.07 Å². The van der Waals surface area contributed by atoms with E-state index >= 15 is 0 Å². The van der Waals surface area contributed by atoms with E-state index in [1.807, 2.05) is 0 Å². The minimum absolute atomic E-state index is 0.491. The largest absolute Gasteiger partial charge is 0.417 e. The number of alkyl halides is 3. The van der Waals surface area contributed by atoms with Crippen LogP contribution in [0.15, 0.2) is 46.2 Å². The van der Waals surface area contributed by atoms with Gasteiger partial charge in [-0.3, -0.25) is 9.52 Å². The third kappa shape index (κ3) is 3.24. The van der Waals surface area contributed by atoms with E-state index in [9.17, 15) is 26.4 Å². The van der Waals surface area contributed by atoms with Crippen molar-refractivity contribution in [1.29, 1.82) is 0 Å². The predicted octanol–water partition coefficient (Wildman–Crippen LogP) is 1.99. The summed E-state index contributed by atoms with van der Waals surface area (Å²) in [5.74, 6) is 0. The van der Waals surface area contributed by atoms with Gasteiger partial charge in [-0.05, 0) is 18.2 Å². The van der Waals surface area contributed by atoms with Crippen molar-refractivity contribution in [2.75, 3.05) is 4.72 Å². The molecule has 0 aliphatic heterocycles. The lowest BCUT2D eigenvalue weighted by Crippen LogP contribution is -2.22. The van der Waals surface area contributed by atoms with Crippen molar-refractivity contribution in [3.8, 4) is 0 Å². The van der Waals surface area contributed by atoms with Crippen molar-refractivity contribution in [2.45, 2.75) is 11.1 Å². The smallest absolute Gasteiger partial charge is 0.327 e. The van der Waals surface area contributed by atoms with Crippen molar-refractivity contribution in [3.63, 3.8) is 0 Å². The monoisotopic (exact) mass is 317 g/mol. The second-order valence-electron chi connectivity index (χ2n) is 3.93. The van der Waals surface area contributed by atoms with E-state index in [0.717, 1.165) is 18.2 Å². The van der Waals surface area contributed by atoms with Gasteiger partial charge in [0, 0.05) is 12.3 Å². The molecule has 0 saturated carbocycles. The quantitative estimate of drug-likeness (QED) is 0.908. The standard InChI is InChI=1S/C12H8F3N2O3S/c13-12(14,15)8-4-1-2-6-10(8)21(19,20)17-9-5-3-7-16-11(9)18/h1-4,6-7,17H,(H,16,18). The highest BCUT2D eigenvalue weighted by molar-refractivity contribution is 7.92. The Bertz CT molecular complexity index is 813. The van der Waals surface area contributed by atoms with Crippen molar-refractivity contribution in [3.05, 3.63) is 58.5 Å². The van der Waals surface area contributed by atoms with Gasteiger partial charge in [0.25, 0.3) is 15.6 Å². The summed E-state index contributed by atoms with van der Waals surface area (Å²) in [6, 6.07) is 7.21. The third-order valence-electron chi connectivity index (χ3n) is 2.47. The lowest BCUT2D eigenvalue weighted by atomic mass is 10.2. The number of nitrogens with one attached hydrogen (secondary N) is 2. The number of rotatable bonds is 3. The molecule has 1 heterocycles. The van der Waals surface area contributed by atoms with Gasteiger partial charge in [0.05, 0.1) is 10.5 Å². The maximum absolute atomic E-state index is 12.8. The second-order valence-corrected chi connectivity index (χ2v) is 5.58. The Hall–Kier alpha value is -2.29. The molecule has 0 spiro atoms. The van der Waals surface area contributed by atoms with Gasteiger partial charge in [0.1, 0.15) is 5.69 Å². The Kier molecular flexibility index (Phi) is 3.77. The third-order valence-corrected chi connectivity index (χ3v) is 3.88. The SMILES string of the molecule is O=c1[nH]cc[c]c1NS(=O)(=O)c1ccccc1C(F)(F)F. The fraction of sp³-hybridized carbons (Fsp3) is 0.0833. The van der Waals surface area contributed by atoms with E-state index < -0.39 is 37.9 Å². The van der Waals surface area contributed by atoms with E-state index in [1.54, 1.807) is 4.72 Å². The number of sulfonamides is 1. The molecule has 0 amide bonds. The van der Waals surface area contributed by atoms with Crippen LogP contribution in [0.2, 0.25) is 0 Å². The highest BCUT2D eigenvalue weighted by atomic mass is 32.2. The average Bonchev–Trinajstić information content (AvgIpc) is 2.40. The molecule has 1 aromatic carbocycles. The molecule has 2 N–H and O–H groups in total. The molecule has 1 radical (unpaired) electrons. The summed E-state index contributed by atoms with van der Waals surface area (Å²) in [6.45, 7) is 0. The molecule has 111 valence electrons. The Morgan fingerprint density at radius 2 is 1.86 bits per heavy atom. The van der Waals surface area contributed by atoms with Crippen molar-refractivity contribution < 1.29 is 21.6 Å². The van der Waals surface area contributed by atoms with E-state index in [0.29, 0.717) is 6.07 Å². The number of anilines is 1. The van der Waals surface area contributed by atoms with Gasteiger partial charge >= 0.3 is 6.18 Å².